The van der Waals surface area contributed by atoms with Crippen molar-refractivity contribution in [3.8, 4) is 0 Å². The lowest BCUT2D eigenvalue weighted by Gasteiger charge is -2.22. The van der Waals surface area contributed by atoms with Crippen molar-refractivity contribution in [2.45, 2.75) is 87.8 Å². The highest BCUT2D eigenvalue weighted by atomic mass is 32.2. The van der Waals surface area contributed by atoms with E-state index in [0.717, 1.165) is 68.2 Å². The van der Waals surface area contributed by atoms with Crippen LogP contribution in [0.5, 0.6) is 0 Å². The fourth-order valence-corrected chi connectivity index (χ4v) is 7.50. The van der Waals surface area contributed by atoms with E-state index < -0.39 is 0 Å². The molecule has 0 aromatic carbocycles. The number of hydrogen-bond donors (Lipinski definition) is 0. The van der Waals surface area contributed by atoms with E-state index >= 15 is 0 Å². The largest absolute Gasteiger partial charge is 0.376 e. The summed E-state index contributed by atoms with van der Waals surface area (Å²) in [7, 11) is 0. The summed E-state index contributed by atoms with van der Waals surface area (Å²) in [5.41, 5.74) is 1.30. The number of fused-ring (bicyclic) bond motifs is 3. The number of carbonyl (C=O) groups is 1. The molecule has 1 saturated heterocycles. The molecule has 2 aromatic heterocycles. The van der Waals surface area contributed by atoms with E-state index in [4.69, 9.17) is 9.72 Å². The van der Waals surface area contributed by atoms with Crippen LogP contribution in [0.2, 0.25) is 0 Å². The lowest BCUT2D eigenvalue weighted by molar-refractivity contribution is -0.119. The first-order chi connectivity index (χ1) is 14.1. The fourth-order valence-electron chi connectivity index (χ4n) is 4.85. The van der Waals surface area contributed by atoms with Crippen LogP contribution < -0.4 is 5.56 Å². The van der Waals surface area contributed by atoms with E-state index in [1.807, 2.05) is 4.57 Å². The minimum Gasteiger partial charge on any atom is -0.376 e. The van der Waals surface area contributed by atoms with Crippen LogP contribution >= 0.6 is 23.1 Å². The summed E-state index contributed by atoms with van der Waals surface area (Å²) in [4.78, 5) is 33.3. The Morgan fingerprint density at radius 3 is 2.86 bits per heavy atom. The van der Waals surface area contributed by atoms with Crippen LogP contribution in [0.1, 0.15) is 62.3 Å². The minimum atomic E-state index is -0.0709. The first-order valence-electron chi connectivity index (χ1n) is 11.0. The molecule has 0 radical (unpaired) electrons. The highest BCUT2D eigenvalue weighted by molar-refractivity contribution is 8.00. The average Bonchev–Trinajstić information content (AvgIpc) is 3.33. The Bertz CT molecular complexity index is 990. The zero-order valence-electron chi connectivity index (χ0n) is 16.9. The maximum absolute atomic E-state index is 13.7. The smallest absolute Gasteiger partial charge is 0.263 e. The third kappa shape index (κ3) is 3.81. The van der Waals surface area contributed by atoms with Crippen molar-refractivity contribution < 1.29 is 9.53 Å². The number of ketones is 1. The van der Waals surface area contributed by atoms with Crippen LogP contribution in [0, 0.1) is 5.92 Å². The monoisotopic (exact) mass is 432 g/mol. The van der Waals surface area contributed by atoms with E-state index in [9.17, 15) is 9.59 Å². The number of carbonyl (C=O) groups excluding carboxylic acids is 1. The van der Waals surface area contributed by atoms with E-state index in [1.54, 1.807) is 11.3 Å². The van der Waals surface area contributed by atoms with E-state index in [2.05, 4.69) is 6.92 Å². The number of Topliss-reactive ketones (excluding diaryl/α,β-unsaturated/α-hetero) is 1. The van der Waals surface area contributed by atoms with Crippen LogP contribution in [0.15, 0.2) is 9.95 Å². The van der Waals surface area contributed by atoms with Crippen molar-refractivity contribution in [1.82, 2.24) is 9.55 Å². The molecule has 0 bridgehead atoms. The fraction of sp³-hybridized carbons (Fsp3) is 0.682. The number of rotatable bonds is 4. The van der Waals surface area contributed by atoms with Gasteiger partial charge in [0.25, 0.3) is 5.56 Å². The molecule has 1 aliphatic heterocycles. The van der Waals surface area contributed by atoms with Gasteiger partial charge in [0.15, 0.2) is 5.16 Å². The SMILES string of the molecule is CC1CCc2c(sc3nc(SC4CCCCC4=O)n(CC4CCCO4)c(=O)c23)C1. The van der Waals surface area contributed by atoms with Gasteiger partial charge in [-0.15, -0.1) is 11.3 Å². The van der Waals surface area contributed by atoms with E-state index in [0.29, 0.717) is 29.8 Å². The van der Waals surface area contributed by atoms with Gasteiger partial charge in [0.2, 0.25) is 0 Å². The Kier molecular flexibility index (Phi) is 5.56. The zero-order valence-corrected chi connectivity index (χ0v) is 18.6. The van der Waals surface area contributed by atoms with Crippen molar-refractivity contribution in [2.24, 2.45) is 5.92 Å². The quantitative estimate of drug-likeness (QED) is 0.672. The molecule has 3 atom stereocenters. The molecule has 0 amide bonds. The summed E-state index contributed by atoms with van der Waals surface area (Å²) in [6, 6.07) is 0. The molecule has 1 saturated carbocycles. The van der Waals surface area contributed by atoms with Crippen LogP contribution in [0.3, 0.4) is 0 Å². The lowest BCUT2D eigenvalue weighted by Crippen LogP contribution is -2.30. The number of ether oxygens (including phenoxy) is 1. The molecule has 5 rings (SSSR count). The number of thioether (sulfide) groups is 1. The predicted octanol–water partition coefficient (Wildman–Crippen LogP) is 4.37. The first-order valence-corrected chi connectivity index (χ1v) is 12.7. The molecule has 5 nitrogen and oxygen atoms in total. The lowest BCUT2D eigenvalue weighted by atomic mass is 9.89. The highest BCUT2D eigenvalue weighted by Gasteiger charge is 2.29. The van der Waals surface area contributed by atoms with E-state index in [1.165, 1.54) is 22.2 Å². The molecular formula is C22H28N2O3S2. The molecule has 2 fully saturated rings. The number of nitrogens with zero attached hydrogens (tertiary/aromatic N) is 2. The minimum absolute atomic E-state index is 0.0709. The van der Waals surface area contributed by atoms with Crippen LogP contribution in [0.4, 0.5) is 0 Å². The summed E-state index contributed by atoms with van der Waals surface area (Å²) in [5.74, 6) is 0.969. The Labute approximate surface area is 179 Å². The Morgan fingerprint density at radius 2 is 2.07 bits per heavy atom. The molecule has 3 heterocycles. The molecule has 3 unspecified atom stereocenters. The molecule has 29 heavy (non-hydrogen) atoms. The van der Waals surface area contributed by atoms with Crippen molar-refractivity contribution in [2.75, 3.05) is 6.61 Å². The van der Waals surface area contributed by atoms with Gasteiger partial charge in [-0.3, -0.25) is 14.2 Å². The second-order valence-electron chi connectivity index (χ2n) is 8.80. The molecule has 0 spiro atoms. The van der Waals surface area contributed by atoms with Gasteiger partial charge in [0.1, 0.15) is 10.6 Å². The number of aryl methyl sites for hydroxylation is 1. The van der Waals surface area contributed by atoms with Gasteiger partial charge in [-0.2, -0.15) is 0 Å². The summed E-state index contributed by atoms with van der Waals surface area (Å²) < 4.78 is 7.67. The molecule has 2 aromatic rings. The van der Waals surface area contributed by atoms with Gasteiger partial charge in [0.05, 0.1) is 23.3 Å². The molecular weight excluding hydrogens is 404 g/mol. The number of hydrogen-bond acceptors (Lipinski definition) is 6. The van der Waals surface area contributed by atoms with Gasteiger partial charge < -0.3 is 4.74 Å². The maximum atomic E-state index is 13.7. The van der Waals surface area contributed by atoms with Gasteiger partial charge in [-0.05, 0) is 56.4 Å². The first kappa shape index (κ1) is 19.8. The van der Waals surface area contributed by atoms with Gasteiger partial charge in [0, 0.05) is 17.9 Å². The summed E-state index contributed by atoms with van der Waals surface area (Å²) in [5, 5.41) is 1.47. The second-order valence-corrected chi connectivity index (χ2v) is 11.0. The summed E-state index contributed by atoms with van der Waals surface area (Å²) >= 11 is 3.20. The van der Waals surface area contributed by atoms with Gasteiger partial charge in [-0.25, -0.2) is 4.98 Å². The number of thiophene rings is 1. The topological polar surface area (TPSA) is 61.2 Å². The van der Waals surface area contributed by atoms with Crippen molar-refractivity contribution in [3.63, 3.8) is 0 Å². The average molecular weight is 433 g/mol. The predicted molar refractivity (Wildman–Crippen MR) is 117 cm³/mol. The molecule has 156 valence electrons. The van der Waals surface area contributed by atoms with Crippen molar-refractivity contribution in [1.29, 1.82) is 0 Å². The van der Waals surface area contributed by atoms with Crippen LogP contribution in [-0.2, 0) is 28.9 Å². The Hall–Kier alpha value is -1.18. The molecule has 0 N–H and O–H groups in total. The van der Waals surface area contributed by atoms with Crippen molar-refractivity contribution >= 4 is 39.1 Å². The third-order valence-electron chi connectivity index (χ3n) is 6.54. The van der Waals surface area contributed by atoms with Crippen LogP contribution in [0.25, 0.3) is 10.2 Å². The second kappa shape index (κ2) is 8.16. The Balaban J connectivity index is 1.59. The zero-order chi connectivity index (χ0) is 20.0. The summed E-state index contributed by atoms with van der Waals surface area (Å²) in [6.07, 6.45) is 8.86. The third-order valence-corrected chi connectivity index (χ3v) is 8.99. The van der Waals surface area contributed by atoms with Crippen molar-refractivity contribution in [3.05, 3.63) is 20.8 Å². The van der Waals surface area contributed by atoms with Gasteiger partial charge in [-0.1, -0.05) is 25.1 Å². The number of aromatic nitrogens is 2. The van der Waals surface area contributed by atoms with Crippen LogP contribution in [-0.4, -0.2) is 33.3 Å². The molecule has 3 aliphatic rings. The maximum Gasteiger partial charge on any atom is 0.263 e. The normalized spacial score (nSPS) is 27.5. The summed E-state index contributed by atoms with van der Waals surface area (Å²) in [6.45, 7) is 3.60. The highest BCUT2D eigenvalue weighted by Crippen LogP contribution is 2.38. The molecule has 2 aliphatic carbocycles. The van der Waals surface area contributed by atoms with E-state index in [-0.39, 0.29) is 16.9 Å². The Morgan fingerprint density at radius 1 is 1.17 bits per heavy atom. The molecule has 7 heteroatoms. The standard InChI is InChI=1S/C22H28N2O3S2/c1-13-8-9-15-18(11-13)28-20-19(15)21(26)24(12-14-5-4-10-27-14)22(23-20)29-17-7-3-2-6-16(17)25/h13-14,17H,2-12H2,1H3. The van der Waals surface area contributed by atoms with Gasteiger partial charge >= 0.3 is 0 Å².